The number of rotatable bonds is 6. The lowest BCUT2D eigenvalue weighted by Crippen LogP contribution is -2.30. The highest BCUT2D eigenvalue weighted by molar-refractivity contribution is 8.00. The molecule has 1 aromatic carbocycles. The Kier molecular flexibility index (Phi) is 4.83. The molecule has 1 aromatic rings. The Balaban J connectivity index is 1.90. The van der Waals surface area contributed by atoms with Crippen molar-refractivity contribution in [2.75, 3.05) is 19.8 Å². The van der Waals surface area contributed by atoms with Crippen molar-refractivity contribution in [3.8, 4) is 0 Å². The van der Waals surface area contributed by atoms with E-state index in [9.17, 15) is 4.39 Å². The molecule has 1 heterocycles. The molecule has 0 saturated carbocycles. The number of benzene rings is 1. The van der Waals surface area contributed by atoms with Gasteiger partial charge in [0.1, 0.15) is 5.82 Å². The van der Waals surface area contributed by atoms with Crippen LogP contribution in [0.3, 0.4) is 0 Å². The molecule has 2 rings (SSSR count). The molecule has 0 bridgehead atoms. The van der Waals surface area contributed by atoms with Crippen molar-refractivity contribution in [1.29, 1.82) is 0 Å². The molecule has 94 valence electrons. The van der Waals surface area contributed by atoms with Crippen LogP contribution >= 0.6 is 11.8 Å². The molecule has 1 N–H and O–H groups in total. The van der Waals surface area contributed by atoms with Crippen molar-refractivity contribution in [1.82, 2.24) is 5.32 Å². The van der Waals surface area contributed by atoms with Crippen molar-refractivity contribution < 1.29 is 9.13 Å². The zero-order valence-electron chi connectivity index (χ0n) is 10.0. The van der Waals surface area contributed by atoms with E-state index in [1.165, 1.54) is 0 Å². The largest absolute Gasteiger partial charge is 0.379 e. The molecule has 0 amide bonds. The van der Waals surface area contributed by atoms with Crippen LogP contribution < -0.4 is 5.32 Å². The Bertz CT molecular complexity index is 368. The van der Waals surface area contributed by atoms with E-state index in [0.717, 1.165) is 43.2 Å². The van der Waals surface area contributed by atoms with Gasteiger partial charge in [-0.15, -0.1) is 11.8 Å². The van der Waals surface area contributed by atoms with Gasteiger partial charge in [-0.05, 0) is 30.7 Å². The maximum absolute atomic E-state index is 13.8. The fourth-order valence-corrected chi connectivity index (χ4v) is 2.63. The lowest BCUT2D eigenvalue weighted by atomic mass is 10.2. The van der Waals surface area contributed by atoms with Gasteiger partial charge in [-0.2, -0.15) is 0 Å². The first kappa shape index (κ1) is 12.9. The Morgan fingerprint density at radius 1 is 1.47 bits per heavy atom. The van der Waals surface area contributed by atoms with Gasteiger partial charge >= 0.3 is 0 Å². The number of halogens is 1. The summed E-state index contributed by atoms with van der Waals surface area (Å²) in [7, 11) is 0. The summed E-state index contributed by atoms with van der Waals surface area (Å²) in [5.74, 6) is -0.113. The maximum Gasteiger partial charge on any atom is 0.137 e. The summed E-state index contributed by atoms with van der Waals surface area (Å²) in [6, 6.07) is 5.50. The quantitative estimate of drug-likeness (QED) is 0.790. The molecule has 1 fully saturated rings. The van der Waals surface area contributed by atoms with Gasteiger partial charge in [0, 0.05) is 11.4 Å². The first-order chi connectivity index (χ1) is 8.29. The van der Waals surface area contributed by atoms with Gasteiger partial charge in [-0.1, -0.05) is 13.0 Å². The Morgan fingerprint density at radius 2 is 2.29 bits per heavy atom. The summed E-state index contributed by atoms with van der Waals surface area (Å²) in [4.78, 5) is 0.734. The summed E-state index contributed by atoms with van der Waals surface area (Å²) < 4.78 is 18.9. The van der Waals surface area contributed by atoms with Crippen LogP contribution in [0.15, 0.2) is 23.1 Å². The van der Waals surface area contributed by atoms with Crippen molar-refractivity contribution >= 4 is 11.8 Å². The second-order valence-corrected chi connectivity index (χ2v) is 5.56. The first-order valence-electron chi connectivity index (χ1n) is 6.03. The van der Waals surface area contributed by atoms with E-state index in [-0.39, 0.29) is 5.82 Å². The highest BCUT2D eigenvalue weighted by Crippen LogP contribution is 2.30. The lowest BCUT2D eigenvalue weighted by molar-refractivity contribution is 0.0455. The first-order valence-corrected chi connectivity index (χ1v) is 6.91. The molecule has 1 aliphatic rings. The summed E-state index contributed by atoms with van der Waals surface area (Å²) in [5, 5.41) is 3.69. The van der Waals surface area contributed by atoms with Crippen molar-refractivity contribution in [2.24, 2.45) is 0 Å². The average molecular weight is 255 g/mol. The molecule has 2 nitrogen and oxygen atoms in total. The summed E-state index contributed by atoms with van der Waals surface area (Å²) in [6.07, 6.45) is 1.10. The highest BCUT2D eigenvalue weighted by atomic mass is 32.2. The van der Waals surface area contributed by atoms with Crippen LogP contribution in [0.1, 0.15) is 18.9 Å². The molecule has 0 unspecified atom stereocenters. The third-order valence-electron chi connectivity index (χ3n) is 2.65. The van der Waals surface area contributed by atoms with Gasteiger partial charge in [-0.3, -0.25) is 0 Å². The fraction of sp³-hybridized carbons (Fsp3) is 0.538. The van der Waals surface area contributed by atoms with Gasteiger partial charge in [-0.25, -0.2) is 4.39 Å². The van der Waals surface area contributed by atoms with Crippen LogP contribution in [0, 0.1) is 5.82 Å². The molecule has 0 aromatic heterocycles. The Morgan fingerprint density at radius 3 is 2.88 bits per heavy atom. The van der Waals surface area contributed by atoms with Crippen LogP contribution in [0.25, 0.3) is 0 Å². The van der Waals surface area contributed by atoms with Crippen LogP contribution in [0.5, 0.6) is 0 Å². The van der Waals surface area contributed by atoms with E-state index in [1.54, 1.807) is 17.8 Å². The number of ether oxygens (including phenoxy) is 1. The van der Waals surface area contributed by atoms with Gasteiger partial charge in [0.05, 0.1) is 18.5 Å². The van der Waals surface area contributed by atoms with Gasteiger partial charge in [0.2, 0.25) is 0 Å². The minimum Gasteiger partial charge on any atom is -0.379 e. The van der Waals surface area contributed by atoms with Crippen LogP contribution in [-0.4, -0.2) is 25.0 Å². The van der Waals surface area contributed by atoms with E-state index in [0.29, 0.717) is 5.25 Å². The molecule has 4 heteroatoms. The summed E-state index contributed by atoms with van der Waals surface area (Å²) >= 11 is 1.57. The minimum absolute atomic E-state index is 0.113. The molecular formula is C13H18FNOS. The second kappa shape index (κ2) is 6.38. The molecule has 17 heavy (non-hydrogen) atoms. The normalized spacial score (nSPS) is 15.9. The van der Waals surface area contributed by atoms with E-state index < -0.39 is 0 Å². The zero-order valence-corrected chi connectivity index (χ0v) is 10.9. The number of hydrogen-bond donors (Lipinski definition) is 1. The molecule has 0 atom stereocenters. The molecule has 0 aliphatic carbocycles. The number of hydrogen-bond acceptors (Lipinski definition) is 3. The van der Waals surface area contributed by atoms with Crippen LogP contribution in [0.4, 0.5) is 4.39 Å². The SMILES string of the molecule is CCCNCc1ccc(SC2COC2)c(F)c1. The predicted molar refractivity (Wildman–Crippen MR) is 68.9 cm³/mol. The van der Waals surface area contributed by atoms with Crippen LogP contribution in [0.2, 0.25) is 0 Å². The topological polar surface area (TPSA) is 21.3 Å². The predicted octanol–water partition coefficient (Wildman–Crippen LogP) is 2.82. The minimum atomic E-state index is -0.113. The third kappa shape index (κ3) is 3.69. The molecule has 1 saturated heterocycles. The van der Waals surface area contributed by atoms with E-state index in [4.69, 9.17) is 4.74 Å². The van der Waals surface area contributed by atoms with Gasteiger partial charge in [0.25, 0.3) is 0 Å². The lowest BCUT2D eigenvalue weighted by Gasteiger charge is -2.25. The fourth-order valence-electron chi connectivity index (χ4n) is 1.62. The van der Waals surface area contributed by atoms with E-state index in [2.05, 4.69) is 12.2 Å². The molecule has 1 aliphatic heterocycles. The van der Waals surface area contributed by atoms with E-state index >= 15 is 0 Å². The maximum atomic E-state index is 13.8. The summed E-state index contributed by atoms with van der Waals surface area (Å²) in [5.41, 5.74) is 1.00. The monoisotopic (exact) mass is 255 g/mol. The molecule has 0 spiro atoms. The van der Waals surface area contributed by atoms with Crippen molar-refractivity contribution in [3.05, 3.63) is 29.6 Å². The zero-order chi connectivity index (χ0) is 12.1. The molecular weight excluding hydrogens is 237 g/mol. The Hall–Kier alpha value is -0.580. The van der Waals surface area contributed by atoms with Gasteiger partial charge < -0.3 is 10.1 Å². The Labute approximate surface area is 106 Å². The van der Waals surface area contributed by atoms with E-state index in [1.807, 2.05) is 12.1 Å². The smallest absolute Gasteiger partial charge is 0.137 e. The van der Waals surface area contributed by atoms with Crippen molar-refractivity contribution in [2.45, 2.75) is 30.0 Å². The summed E-state index contributed by atoms with van der Waals surface area (Å²) in [6.45, 7) is 5.31. The van der Waals surface area contributed by atoms with Gasteiger partial charge in [0.15, 0.2) is 0 Å². The number of thioether (sulfide) groups is 1. The molecule has 0 radical (unpaired) electrons. The van der Waals surface area contributed by atoms with Crippen LogP contribution in [-0.2, 0) is 11.3 Å². The number of nitrogens with one attached hydrogen (secondary N) is 1. The van der Waals surface area contributed by atoms with Crippen molar-refractivity contribution in [3.63, 3.8) is 0 Å². The standard InChI is InChI=1S/C13H18FNOS/c1-2-5-15-7-10-3-4-13(12(14)6-10)17-11-8-16-9-11/h3-4,6,11,15H,2,5,7-9H2,1H3. The highest BCUT2D eigenvalue weighted by Gasteiger charge is 2.20. The third-order valence-corrected chi connectivity index (χ3v) is 3.84. The second-order valence-electron chi connectivity index (χ2n) is 4.22. The average Bonchev–Trinajstić information content (AvgIpc) is 2.26.